The Bertz CT molecular complexity index is 3180. The first kappa shape index (κ1) is 53.2. The number of rotatable bonds is 11. The molecule has 16 nitrogen and oxygen atoms in total. The van der Waals surface area contributed by atoms with Gasteiger partial charge in [-0.25, -0.2) is 34.1 Å². The Hall–Kier alpha value is -6.25. The van der Waals surface area contributed by atoms with Gasteiger partial charge in [-0.3, -0.25) is 4.90 Å². The molecule has 4 aromatic heterocycles. The standard InChI is InChI=1S/C56H59Cl2FN8O8S/c1-32-45-33(2)49(58)50(48(32)57)73-41(27-67-19-17-66(6)18-20-67)30-71-39-12-13-42(72-28-38-15-16-60-52(65-38)35-9-14-44(61-25-35)62-26-40-29-69-21-22-70-40)36(23-39)24-43(55(68)75-56(3,4)5)74-53-47-46(45)51(76-54(47)64-31-63-53)34-7-10-37(59)11-8-34/h7-16,23,25,31,40-41,43H,17-22,24,26-30H2,1-6H3,(H,61,62)/t40-,41-,43-/m1/s1. The van der Waals surface area contributed by atoms with Crippen molar-refractivity contribution >= 4 is 56.5 Å². The smallest absolute Gasteiger partial charge is 0.348 e. The van der Waals surface area contributed by atoms with Crippen molar-refractivity contribution in [3.63, 3.8) is 0 Å². The first-order valence-corrected chi connectivity index (χ1v) is 26.8. The first-order chi connectivity index (χ1) is 36.6. The Morgan fingerprint density at radius 3 is 2.38 bits per heavy atom. The predicted molar refractivity (Wildman–Crippen MR) is 291 cm³/mol. The van der Waals surface area contributed by atoms with Crippen molar-refractivity contribution < 1.29 is 42.3 Å². The molecule has 2 saturated heterocycles. The summed E-state index contributed by atoms with van der Waals surface area (Å²) in [4.78, 5) is 43.9. The van der Waals surface area contributed by atoms with Crippen LogP contribution in [-0.2, 0) is 32.0 Å². The second-order valence-corrected chi connectivity index (χ2v) is 21.8. The molecular weight excluding hydrogens is 1030 g/mol. The number of aromatic nitrogens is 5. The topological polar surface area (TPSA) is 165 Å². The van der Waals surface area contributed by atoms with Crippen molar-refractivity contribution in [1.29, 1.82) is 0 Å². The second-order valence-electron chi connectivity index (χ2n) is 20.1. The largest absolute Gasteiger partial charge is 0.490 e. The fourth-order valence-electron chi connectivity index (χ4n) is 9.35. The highest BCUT2D eigenvalue weighted by Crippen LogP contribution is 2.53. The quantitative estimate of drug-likeness (QED) is 0.122. The number of hydrogen-bond donors (Lipinski definition) is 1. The summed E-state index contributed by atoms with van der Waals surface area (Å²) >= 11 is 16.2. The van der Waals surface area contributed by atoms with Crippen molar-refractivity contribution in [3.8, 4) is 56.1 Å². The van der Waals surface area contributed by atoms with Crippen LogP contribution in [0, 0.1) is 19.7 Å². The number of piperazine rings is 1. The van der Waals surface area contributed by atoms with Gasteiger partial charge >= 0.3 is 5.97 Å². The summed E-state index contributed by atoms with van der Waals surface area (Å²) in [6.07, 6.45) is 2.88. The van der Waals surface area contributed by atoms with Gasteiger partial charge in [-0.05, 0) is 112 Å². The number of likely N-dealkylation sites (N-methyl/N-ethyl adjacent to an activating group) is 1. The van der Waals surface area contributed by atoms with Crippen LogP contribution >= 0.6 is 34.5 Å². The summed E-state index contributed by atoms with van der Waals surface area (Å²) in [6.45, 7) is 15.6. The molecule has 0 aliphatic carbocycles. The Kier molecular flexibility index (Phi) is 16.2. The molecule has 20 heteroatoms. The number of halogens is 3. The second kappa shape index (κ2) is 23.2. The van der Waals surface area contributed by atoms with Crippen molar-refractivity contribution in [1.82, 2.24) is 34.7 Å². The van der Waals surface area contributed by atoms with Crippen LogP contribution in [0.25, 0.3) is 43.2 Å². The third kappa shape index (κ3) is 12.3. The van der Waals surface area contributed by atoms with Crippen LogP contribution in [0.15, 0.2) is 79.4 Å². The number of carbonyl (C=O) groups excluding carboxylic acids is 1. The van der Waals surface area contributed by atoms with E-state index in [1.54, 1.807) is 57.4 Å². The van der Waals surface area contributed by atoms with Crippen molar-refractivity contribution in [2.75, 3.05) is 78.1 Å². The van der Waals surface area contributed by atoms with Crippen LogP contribution < -0.4 is 24.3 Å². The highest BCUT2D eigenvalue weighted by atomic mass is 35.5. The van der Waals surface area contributed by atoms with Crippen LogP contribution in [0.4, 0.5) is 10.2 Å². The van der Waals surface area contributed by atoms with E-state index in [9.17, 15) is 9.18 Å². The predicted octanol–water partition coefficient (Wildman–Crippen LogP) is 10.1. The lowest BCUT2D eigenvalue weighted by Gasteiger charge is -2.35. The van der Waals surface area contributed by atoms with Gasteiger partial charge in [0.05, 0.1) is 47.1 Å². The summed E-state index contributed by atoms with van der Waals surface area (Å²) in [7, 11) is 2.11. The molecule has 0 radical (unpaired) electrons. The molecule has 2 fully saturated rings. The summed E-state index contributed by atoms with van der Waals surface area (Å²) in [5.41, 5.74) is 4.41. The maximum Gasteiger partial charge on any atom is 0.348 e. The van der Waals surface area contributed by atoms with Gasteiger partial charge in [0.15, 0.2) is 11.6 Å². The number of hydrogen-bond acceptors (Lipinski definition) is 17. The molecule has 1 N–H and O–H groups in total. The maximum atomic E-state index is 14.6. The number of nitrogens with one attached hydrogen (secondary N) is 1. The lowest BCUT2D eigenvalue weighted by Crippen LogP contribution is -2.49. The molecule has 7 aromatic rings. The van der Waals surface area contributed by atoms with E-state index in [1.165, 1.54) is 29.8 Å². The number of benzene rings is 3. The molecule has 398 valence electrons. The van der Waals surface area contributed by atoms with Gasteiger partial charge in [0.25, 0.3) is 0 Å². The highest BCUT2D eigenvalue weighted by Gasteiger charge is 2.34. The van der Waals surface area contributed by atoms with E-state index in [2.05, 4.69) is 32.1 Å². The Morgan fingerprint density at radius 1 is 0.882 bits per heavy atom. The Labute approximate surface area is 454 Å². The molecule has 8 heterocycles. The van der Waals surface area contributed by atoms with E-state index in [4.69, 9.17) is 71.3 Å². The van der Waals surface area contributed by atoms with Crippen molar-refractivity contribution in [3.05, 3.63) is 118 Å². The van der Waals surface area contributed by atoms with Gasteiger partial charge < -0.3 is 43.4 Å². The average molecular weight is 1090 g/mol. The molecule has 4 aliphatic heterocycles. The minimum absolute atomic E-state index is 0.0382. The Balaban J connectivity index is 1.04. The number of fused-ring (bicyclic) bond motifs is 7. The van der Waals surface area contributed by atoms with Crippen molar-refractivity contribution in [2.24, 2.45) is 0 Å². The molecule has 0 saturated carbocycles. The molecule has 4 bridgehead atoms. The van der Waals surface area contributed by atoms with Crippen LogP contribution in [0.3, 0.4) is 0 Å². The van der Waals surface area contributed by atoms with E-state index in [0.29, 0.717) is 121 Å². The number of pyridine rings is 1. The molecule has 4 aliphatic rings. The SMILES string of the molecule is Cc1c(Cl)c2c(Cl)c(C)c1-c1c(-c3ccc(F)cc3)sc3ncnc(c13)O[C@@H](C(=O)OC(C)(C)C)Cc1cc(ccc1OCc1ccnc(-c3ccc(NC[C@@H]4COCCO4)nc3)n1)OC[C@@H](CN1CCN(C)CC1)O2. The van der Waals surface area contributed by atoms with Gasteiger partial charge in [-0.15, -0.1) is 11.3 Å². The first-order valence-electron chi connectivity index (χ1n) is 25.2. The number of anilines is 1. The van der Waals surface area contributed by atoms with E-state index in [1.807, 2.05) is 38.1 Å². The number of carbonyl (C=O) groups is 1. The lowest BCUT2D eigenvalue weighted by atomic mass is 9.92. The normalized spacial score (nSPS) is 18.6. The van der Waals surface area contributed by atoms with Crippen molar-refractivity contribution in [2.45, 2.75) is 71.6 Å². The molecule has 0 spiro atoms. The van der Waals surface area contributed by atoms with Gasteiger partial charge in [0, 0.05) is 79.7 Å². The molecule has 11 rings (SSSR count). The third-order valence-corrected chi connectivity index (χ3v) is 15.3. The van der Waals surface area contributed by atoms with Gasteiger partial charge in [-0.2, -0.15) is 0 Å². The van der Waals surface area contributed by atoms with E-state index in [0.717, 1.165) is 36.6 Å². The van der Waals surface area contributed by atoms with E-state index < -0.39 is 23.8 Å². The fourth-order valence-corrected chi connectivity index (χ4v) is 11.0. The Morgan fingerprint density at radius 2 is 1.66 bits per heavy atom. The highest BCUT2D eigenvalue weighted by molar-refractivity contribution is 7.22. The molecule has 0 amide bonds. The molecule has 0 unspecified atom stereocenters. The fraction of sp³-hybridized carbons (Fsp3) is 0.393. The monoisotopic (exact) mass is 1090 g/mol. The van der Waals surface area contributed by atoms with Gasteiger partial charge in [0.2, 0.25) is 12.0 Å². The number of nitrogens with zero attached hydrogens (tertiary/aromatic N) is 7. The zero-order valence-corrected chi connectivity index (χ0v) is 45.5. The third-order valence-electron chi connectivity index (χ3n) is 13.3. The summed E-state index contributed by atoms with van der Waals surface area (Å²) in [5.74, 6) is 1.51. The van der Waals surface area contributed by atoms with Gasteiger partial charge in [0.1, 0.15) is 59.2 Å². The summed E-state index contributed by atoms with van der Waals surface area (Å²) in [5, 5.41) is 4.43. The van der Waals surface area contributed by atoms with Crippen LogP contribution in [0.1, 0.15) is 43.2 Å². The zero-order valence-electron chi connectivity index (χ0n) is 43.2. The molecule has 76 heavy (non-hydrogen) atoms. The maximum absolute atomic E-state index is 14.6. The minimum atomic E-state index is -1.28. The number of thiophene rings is 1. The minimum Gasteiger partial charge on any atom is -0.490 e. The average Bonchev–Trinajstić information content (AvgIpc) is 3.84. The number of esters is 1. The molecule has 3 atom stereocenters. The van der Waals surface area contributed by atoms with Crippen LogP contribution in [0.5, 0.6) is 23.1 Å². The van der Waals surface area contributed by atoms with Gasteiger partial charge in [-0.1, -0.05) is 35.3 Å². The molecular formula is C56H59Cl2FN8O8S. The number of ether oxygens (including phenoxy) is 7. The summed E-state index contributed by atoms with van der Waals surface area (Å²) < 4.78 is 58.9. The van der Waals surface area contributed by atoms with E-state index >= 15 is 0 Å². The zero-order chi connectivity index (χ0) is 53.1. The van der Waals surface area contributed by atoms with Crippen LogP contribution in [0.2, 0.25) is 10.0 Å². The lowest BCUT2D eigenvalue weighted by molar-refractivity contribution is -0.163. The summed E-state index contributed by atoms with van der Waals surface area (Å²) in [6, 6.07) is 17.2. The molecule has 3 aromatic carbocycles. The van der Waals surface area contributed by atoms with E-state index in [-0.39, 0.29) is 37.4 Å². The van der Waals surface area contributed by atoms with Crippen LogP contribution in [-0.4, -0.2) is 137 Å².